The molecular weight excluding hydrogens is 240 g/mol. The number of aromatic nitrogens is 2. The number of hydrogen-bond donors (Lipinski definition) is 1. The molecule has 0 bridgehead atoms. The molecule has 1 aliphatic rings. The number of hydrogen-bond acceptors (Lipinski definition) is 5. The van der Waals surface area contributed by atoms with Crippen LogP contribution in [0.4, 0.5) is 5.95 Å². The summed E-state index contributed by atoms with van der Waals surface area (Å²) in [7, 11) is 0. The monoisotopic (exact) mass is 258 g/mol. The predicted octanol–water partition coefficient (Wildman–Crippen LogP) is 1.76. The van der Waals surface area contributed by atoms with Crippen molar-refractivity contribution >= 4 is 5.95 Å². The van der Waals surface area contributed by atoms with E-state index in [9.17, 15) is 0 Å². The summed E-state index contributed by atoms with van der Waals surface area (Å²) in [5.74, 6) is 1.28. The van der Waals surface area contributed by atoms with Gasteiger partial charge in [-0.3, -0.25) is 0 Å². The van der Waals surface area contributed by atoms with Gasteiger partial charge in [-0.1, -0.05) is 30.3 Å². The van der Waals surface area contributed by atoms with Crippen molar-refractivity contribution in [3.63, 3.8) is 0 Å². The van der Waals surface area contributed by atoms with Gasteiger partial charge in [-0.2, -0.15) is 4.98 Å². The van der Waals surface area contributed by atoms with Crippen LogP contribution in [0.25, 0.3) is 0 Å². The molecule has 0 saturated carbocycles. The Labute approximate surface area is 112 Å². The first-order chi connectivity index (χ1) is 9.38. The maximum Gasteiger partial charge on any atom is 0.266 e. The third-order valence-corrected chi connectivity index (χ3v) is 3.56. The van der Waals surface area contributed by atoms with Crippen LogP contribution in [0.5, 0.6) is 0 Å². The zero-order chi connectivity index (χ0) is 13.1. The van der Waals surface area contributed by atoms with E-state index in [1.807, 2.05) is 30.3 Å². The van der Waals surface area contributed by atoms with Crippen molar-refractivity contribution < 1.29 is 4.52 Å². The largest absolute Gasteiger partial charge is 0.338 e. The molecule has 3 rings (SSSR count). The molecule has 1 aromatic carbocycles. The summed E-state index contributed by atoms with van der Waals surface area (Å²) in [5.41, 5.74) is 6.97. The minimum absolute atomic E-state index is 0.0231. The highest BCUT2D eigenvalue weighted by Crippen LogP contribution is 2.24. The minimum atomic E-state index is -0.0231. The summed E-state index contributed by atoms with van der Waals surface area (Å²) >= 11 is 0. The minimum Gasteiger partial charge on any atom is -0.338 e. The first-order valence-corrected chi connectivity index (χ1v) is 6.72. The Balaban J connectivity index is 1.84. The number of benzene rings is 1. The average molecular weight is 258 g/mol. The molecule has 1 atom stereocenters. The van der Waals surface area contributed by atoms with Crippen LogP contribution in [0.3, 0.4) is 0 Å². The lowest BCUT2D eigenvalue weighted by Crippen LogP contribution is -2.19. The summed E-state index contributed by atoms with van der Waals surface area (Å²) in [6, 6.07) is 10.1. The molecule has 0 radical (unpaired) electrons. The van der Waals surface area contributed by atoms with Crippen LogP contribution >= 0.6 is 0 Å². The van der Waals surface area contributed by atoms with Crippen molar-refractivity contribution in [2.45, 2.75) is 18.8 Å². The lowest BCUT2D eigenvalue weighted by atomic mass is 9.99. The Bertz CT molecular complexity index is 519. The van der Waals surface area contributed by atoms with Gasteiger partial charge in [0.05, 0.1) is 5.92 Å². The van der Waals surface area contributed by atoms with Gasteiger partial charge in [0.25, 0.3) is 5.95 Å². The van der Waals surface area contributed by atoms with Gasteiger partial charge in [-0.05, 0) is 23.6 Å². The van der Waals surface area contributed by atoms with E-state index in [1.54, 1.807) is 0 Å². The molecule has 19 heavy (non-hydrogen) atoms. The van der Waals surface area contributed by atoms with Gasteiger partial charge in [0.1, 0.15) is 0 Å². The van der Waals surface area contributed by atoms with Crippen LogP contribution in [0.15, 0.2) is 34.9 Å². The van der Waals surface area contributed by atoms with Gasteiger partial charge in [0.2, 0.25) is 5.89 Å². The Morgan fingerprint density at radius 2 is 1.95 bits per heavy atom. The van der Waals surface area contributed by atoms with Gasteiger partial charge in [0, 0.05) is 19.6 Å². The highest BCUT2D eigenvalue weighted by Gasteiger charge is 2.23. The third kappa shape index (κ3) is 2.46. The van der Waals surface area contributed by atoms with Crippen LogP contribution < -0.4 is 10.6 Å². The van der Waals surface area contributed by atoms with Gasteiger partial charge in [0.15, 0.2) is 0 Å². The molecule has 0 spiro atoms. The Morgan fingerprint density at radius 3 is 2.63 bits per heavy atom. The number of rotatable bonds is 4. The molecule has 2 aromatic rings. The van der Waals surface area contributed by atoms with Crippen LogP contribution in [0.2, 0.25) is 0 Å². The lowest BCUT2D eigenvalue weighted by Gasteiger charge is -2.11. The van der Waals surface area contributed by atoms with E-state index in [0.717, 1.165) is 18.7 Å². The van der Waals surface area contributed by atoms with Gasteiger partial charge in [-0.25, -0.2) is 0 Å². The summed E-state index contributed by atoms with van der Waals surface area (Å²) in [6.45, 7) is 2.49. The first-order valence-electron chi connectivity index (χ1n) is 6.72. The summed E-state index contributed by atoms with van der Waals surface area (Å²) < 4.78 is 5.40. The SMILES string of the molecule is NCC(c1ccccc1)c1nc(N2CCCC2)no1. The van der Waals surface area contributed by atoms with Crippen molar-refractivity contribution in [3.8, 4) is 0 Å². The zero-order valence-corrected chi connectivity index (χ0v) is 10.8. The van der Waals surface area contributed by atoms with Crippen molar-refractivity contribution in [3.05, 3.63) is 41.8 Å². The fraction of sp³-hybridized carbons (Fsp3) is 0.429. The molecule has 1 saturated heterocycles. The normalized spacial score (nSPS) is 16.8. The van der Waals surface area contributed by atoms with E-state index in [0.29, 0.717) is 18.4 Å². The smallest absolute Gasteiger partial charge is 0.266 e. The first kappa shape index (κ1) is 12.2. The fourth-order valence-corrected chi connectivity index (χ4v) is 2.48. The van der Waals surface area contributed by atoms with E-state index < -0.39 is 0 Å². The highest BCUT2D eigenvalue weighted by atomic mass is 16.5. The van der Waals surface area contributed by atoms with Gasteiger partial charge in [-0.15, -0.1) is 0 Å². The van der Waals surface area contributed by atoms with E-state index in [1.165, 1.54) is 12.8 Å². The van der Waals surface area contributed by atoms with Crippen LogP contribution in [0, 0.1) is 0 Å². The van der Waals surface area contributed by atoms with Crippen molar-refractivity contribution in [2.24, 2.45) is 5.73 Å². The molecule has 2 heterocycles. The molecule has 5 heteroatoms. The third-order valence-electron chi connectivity index (χ3n) is 3.56. The summed E-state index contributed by atoms with van der Waals surface area (Å²) in [6.07, 6.45) is 2.39. The molecule has 1 fully saturated rings. The van der Waals surface area contributed by atoms with Crippen molar-refractivity contribution in [2.75, 3.05) is 24.5 Å². The lowest BCUT2D eigenvalue weighted by molar-refractivity contribution is 0.366. The van der Waals surface area contributed by atoms with Crippen molar-refractivity contribution in [1.82, 2.24) is 10.1 Å². The number of nitrogens with two attached hydrogens (primary N) is 1. The molecule has 5 nitrogen and oxygen atoms in total. The highest BCUT2D eigenvalue weighted by molar-refractivity contribution is 5.32. The second-order valence-electron chi connectivity index (χ2n) is 4.83. The fourth-order valence-electron chi connectivity index (χ4n) is 2.48. The Kier molecular flexibility index (Phi) is 3.46. The predicted molar refractivity (Wildman–Crippen MR) is 73.1 cm³/mol. The maximum atomic E-state index is 5.86. The number of anilines is 1. The average Bonchev–Trinajstić information content (AvgIpc) is 3.11. The second kappa shape index (κ2) is 5.40. The standard InChI is InChI=1S/C14H18N4O/c15-10-12(11-6-2-1-3-7-11)13-16-14(17-19-13)18-8-4-5-9-18/h1-3,6-7,12H,4-5,8-10,15H2. The van der Waals surface area contributed by atoms with E-state index >= 15 is 0 Å². The van der Waals surface area contributed by atoms with E-state index in [4.69, 9.17) is 10.3 Å². The Morgan fingerprint density at radius 1 is 1.21 bits per heavy atom. The van der Waals surface area contributed by atoms with Crippen LogP contribution in [-0.4, -0.2) is 29.8 Å². The number of nitrogens with zero attached hydrogens (tertiary/aromatic N) is 3. The van der Waals surface area contributed by atoms with E-state index in [2.05, 4.69) is 15.0 Å². The molecule has 1 aliphatic heterocycles. The summed E-state index contributed by atoms with van der Waals surface area (Å²) in [4.78, 5) is 6.67. The quantitative estimate of drug-likeness (QED) is 0.905. The molecule has 1 aromatic heterocycles. The molecule has 1 unspecified atom stereocenters. The molecule has 2 N–H and O–H groups in total. The second-order valence-corrected chi connectivity index (χ2v) is 4.83. The topological polar surface area (TPSA) is 68.2 Å². The summed E-state index contributed by atoms with van der Waals surface area (Å²) in [5, 5.41) is 4.08. The molecule has 0 aliphatic carbocycles. The Hall–Kier alpha value is -1.88. The van der Waals surface area contributed by atoms with Gasteiger partial charge < -0.3 is 15.2 Å². The molecule has 100 valence electrons. The van der Waals surface area contributed by atoms with Crippen molar-refractivity contribution in [1.29, 1.82) is 0 Å². The molecular formula is C14H18N4O. The molecule has 0 amide bonds. The zero-order valence-electron chi connectivity index (χ0n) is 10.8. The maximum absolute atomic E-state index is 5.86. The van der Waals surface area contributed by atoms with Crippen LogP contribution in [0.1, 0.15) is 30.2 Å². The van der Waals surface area contributed by atoms with E-state index in [-0.39, 0.29) is 5.92 Å². The van der Waals surface area contributed by atoms with Gasteiger partial charge >= 0.3 is 0 Å². The van der Waals surface area contributed by atoms with Crippen LogP contribution in [-0.2, 0) is 0 Å².